The molecule has 3 nitrogen and oxygen atoms in total. The van der Waals surface area contributed by atoms with Crippen molar-refractivity contribution >= 4 is 5.78 Å². The van der Waals surface area contributed by atoms with Gasteiger partial charge < -0.3 is 16.1 Å². The van der Waals surface area contributed by atoms with E-state index in [9.17, 15) is 9.90 Å². The Morgan fingerprint density at radius 3 is 2.52 bits per heavy atom. The van der Waals surface area contributed by atoms with E-state index in [4.69, 9.17) is 0 Å². The van der Waals surface area contributed by atoms with Crippen molar-refractivity contribution in [3.63, 3.8) is 0 Å². The van der Waals surface area contributed by atoms with Gasteiger partial charge in [-0.1, -0.05) is 69.6 Å². The summed E-state index contributed by atoms with van der Waals surface area (Å²) in [4.78, 5) is 11.3. The molecule has 0 bridgehead atoms. The summed E-state index contributed by atoms with van der Waals surface area (Å²) in [5.41, 5.74) is 4.64. The molecule has 2 aliphatic rings. The number of rotatable bonds is 12. The van der Waals surface area contributed by atoms with Crippen LogP contribution < -0.4 is 6.15 Å². The molecule has 0 aromatic heterocycles. The van der Waals surface area contributed by atoms with Gasteiger partial charge in [0.1, 0.15) is 5.78 Å². The third-order valence-electron chi connectivity index (χ3n) is 6.69. The molecular formula is C28H51NO2. The normalized spacial score (nSPS) is 22.6. The number of hydrogen-bond donors (Lipinski definition) is 2. The van der Waals surface area contributed by atoms with Crippen molar-refractivity contribution in [2.75, 3.05) is 0 Å². The summed E-state index contributed by atoms with van der Waals surface area (Å²) in [5.74, 6) is 2.20. The highest BCUT2D eigenvalue weighted by Gasteiger charge is 2.21. The Labute approximate surface area is 193 Å². The maximum Gasteiger partial charge on any atom is 0.129 e. The van der Waals surface area contributed by atoms with Gasteiger partial charge >= 0.3 is 0 Å². The standard InChI is InChI=1S/C26H42O2.C2H6.H3N/c1-5-22-12-13-25(17-22)20(3)16-24(18-26(28)14-10-21(4)27)8-6-7-23-11-9-19(2)15-23;1-2;/h12,15-16,19-20,25-26,28H,5-11,13-14,17-18H2,1-4H3;1-2H3;1H3/b24-16-;;. The first kappa shape index (κ1) is 29.8. The van der Waals surface area contributed by atoms with Crippen molar-refractivity contribution in [3.05, 3.63) is 34.9 Å². The quantitative estimate of drug-likeness (QED) is 0.305. The molecule has 0 aromatic carbocycles. The van der Waals surface area contributed by atoms with Crippen molar-refractivity contribution in [1.82, 2.24) is 6.15 Å². The fraction of sp³-hybridized carbons (Fsp3) is 0.750. The first-order valence-electron chi connectivity index (χ1n) is 12.6. The van der Waals surface area contributed by atoms with Crippen molar-refractivity contribution in [2.45, 2.75) is 118 Å². The Morgan fingerprint density at radius 1 is 1.26 bits per heavy atom. The Balaban J connectivity index is 0.00000291. The Kier molecular flexibility index (Phi) is 15.8. The van der Waals surface area contributed by atoms with Gasteiger partial charge in [-0.3, -0.25) is 0 Å². The van der Waals surface area contributed by atoms with Gasteiger partial charge in [0.05, 0.1) is 6.10 Å². The zero-order valence-corrected chi connectivity index (χ0v) is 21.4. The predicted octanol–water partition coefficient (Wildman–Crippen LogP) is 8.13. The Morgan fingerprint density at radius 2 is 1.97 bits per heavy atom. The minimum Gasteiger partial charge on any atom is -0.393 e. The van der Waals surface area contributed by atoms with Crippen molar-refractivity contribution in [2.24, 2.45) is 17.8 Å². The third kappa shape index (κ3) is 11.8. The second kappa shape index (κ2) is 16.4. The average Bonchev–Trinajstić information content (AvgIpc) is 3.37. The zero-order valence-electron chi connectivity index (χ0n) is 21.4. The van der Waals surface area contributed by atoms with E-state index in [-0.39, 0.29) is 18.0 Å². The van der Waals surface area contributed by atoms with E-state index in [1.165, 1.54) is 50.5 Å². The van der Waals surface area contributed by atoms with Gasteiger partial charge in [-0.25, -0.2) is 0 Å². The number of aliphatic hydroxyl groups excluding tert-OH is 1. The van der Waals surface area contributed by atoms with Gasteiger partial charge in [-0.15, -0.1) is 0 Å². The molecule has 0 saturated carbocycles. The maximum absolute atomic E-state index is 11.3. The van der Waals surface area contributed by atoms with Gasteiger partial charge in [-0.05, 0) is 88.9 Å². The van der Waals surface area contributed by atoms with Crippen LogP contribution in [-0.2, 0) is 4.79 Å². The van der Waals surface area contributed by atoms with Crippen LogP contribution in [0.15, 0.2) is 34.9 Å². The smallest absolute Gasteiger partial charge is 0.129 e. The van der Waals surface area contributed by atoms with E-state index in [2.05, 4.69) is 39.0 Å². The molecule has 0 amide bonds. The second-order valence-corrected chi connectivity index (χ2v) is 9.39. The fourth-order valence-corrected chi connectivity index (χ4v) is 4.78. The number of Topliss-reactive ketones (excluding diaryl/α,β-unsaturated/α-hetero) is 1. The van der Waals surface area contributed by atoms with Crippen LogP contribution in [0, 0.1) is 17.8 Å². The summed E-state index contributed by atoms with van der Waals surface area (Å²) in [7, 11) is 0. The molecule has 0 fully saturated rings. The molecule has 0 saturated heterocycles. The maximum atomic E-state index is 11.3. The Bertz CT molecular complexity index is 602. The molecule has 0 heterocycles. The van der Waals surface area contributed by atoms with Gasteiger partial charge in [0.2, 0.25) is 0 Å². The number of allylic oxidation sites excluding steroid dienone is 5. The number of carbonyl (C=O) groups is 1. The van der Waals surface area contributed by atoms with E-state index < -0.39 is 0 Å². The molecule has 4 N–H and O–H groups in total. The third-order valence-corrected chi connectivity index (χ3v) is 6.69. The molecule has 180 valence electrons. The van der Waals surface area contributed by atoms with Crippen LogP contribution in [0.5, 0.6) is 0 Å². The van der Waals surface area contributed by atoms with Crippen LogP contribution in [0.2, 0.25) is 0 Å². The summed E-state index contributed by atoms with van der Waals surface area (Å²) in [6, 6.07) is 0. The first-order chi connectivity index (χ1) is 14.4. The van der Waals surface area contributed by atoms with Crippen molar-refractivity contribution < 1.29 is 9.90 Å². The lowest BCUT2D eigenvalue weighted by Gasteiger charge is -2.20. The van der Waals surface area contributed by atoms with Gasteiger partial charge in [0.25, 0.3) is 0 Å². The lowest BCUT2D eigenvalue weighted by Crippen LogP contribution is -2.12. The molecule has 0 aliphatic heterocycles. The summed E-state index contributed by atoms with van der Waals surface area (Å²) < 4.78 is 0. The van der Waals surface area contributed by atoms with Crippen LogP contribution in [0.4, 0.5) is 0 Å². The van der Waals surface area contributed by atoms with E-state index in [1.54, 1.807) is 18.1 Å². The monoisotopic (exact) mass is 433 g/mol. The number of ketones is 1. The van der Waals surface area contributed by atoms with Crippen LogP contribution in [0.3, 0.4) is 0 Å². The highest BCUT2D eigenvalue weighted by Crippen LogP contribution is 2.35. The molecule has 2 aliphatic carbocycles. The molecule has 0 aromatic rings. The molecule has 0 spiro atoms. The number of aliphatic hydroxyl groups is 1. The van der Waals surface area contributed by atoms with Gasteiger partial charge in [0.15, 0.2) is 0 Å². The largest absolute Gasteiger partial charge is 0.393 e. The van der Waals surface area contributed by atoms with Crippen molar-refractivity contribution in [3.8, 4) is 0 Å². The van der Waals surface area contributed by atoms with Crippen LogP contribution >= 0.6 is 0 Å². The second-order valence-electron chi connectivity index (χ2n) is 9.39. The predicted molar refractivity (Wildman–Crippen MR) is 136 cm³/mol. The molecule has 4 unspecified atom stereocenters. The molecule has 0 radical (unpaired) electrons. The number of hydrogen-bond acceptors (Lipinski definition) is 3. The molecule has 31 heavy (non-hydrogen) atoms. The molecule has 2 rings (SSSR count). The zero-order chi connectivity index (χ0) is 22.5. The molecular weight excluding hydrogens is 382 g/mol. The van der Waals surface area contributed by atoms with E-state index in [1.807, 2.05) is 13.8 Å². The average molecular weight is 434 g/mol. The van der Waals surface area contributed by atoms with Crippen molar-refractivity contribution in [1.29, 1.82) is 0 Å². The summed E-state index contributed by atoms with van der Waals surface area (Å²) in [6.45, 7) is 12.5. The fourth-order valence-electron chi connectivity index (χ4n) is 4.78. The molecule has 3 heteroatoms. The van der Waals surface area contributed by atoms with E-state index >= 15 is 0 Å². The lowest BCUT2D eigenvalue weighted by atomic mass is 9.86. The lowest BCUT2D eigenvalue weighted by molar-refractivity contribution is -0.117. The summed E-state index contributed by atoms with van der Waals surface area (Å²) in [5, 5.41) is 10.5. The van der Waals surface area contributed by atoms with E-state index in [0.29, 0.717) is 18.8 Å². The highest BCUT2D eigenvalue weighted by atomic mass is 16.3. The summed E-state index contributed by atoms with van der Waals surface area (Å²) >= 11 is 0. The van der Waals surface area contributed by atoms with Crippen LogP contribution in [0.25, 0.3) is 0 Å². The SMILES string of the molecule is CC.CCC1=CCC(C(C)/C=C(/CCCC2=CC(C)CC2)CC(O)CCC(C)=O)C1.N. The number of carbonyl (C=O) groups excluding carboxylic acids is 1. The van der Waals surface area contributed by atoms with Crippen LogP contribution in [-0.4, -0.2) is 17.0 Å². The minimum atomic E-state index is -0.388. The topological polar surface area (TPSA) is 72.3 Å². The summed E-state index contributed by atoms with van der Waals surface area (Å²) in [6.07, 6.45) is 18.4. The van der Waals surface area contributed by atoms with Crippen LogP contribution in [0.1, 0.15) is 112 Å². The first-order valence-corrected chi connectivity index (χ1v) is 12.6. The molecule has 4 atom stereocenters. The van der Waals surface area contributed by atoms with Gasteiger partial charge in [-0.2, -0.15) is 0 Å². The Hall–Kier alpha value is -1.19. The highest BCUT2D eigenvalue weighted by molar-refractivity contribution is 5.75. The van der Waals surface area contributed by atoms with Gasteiger partial charge in [0, 0.05) is 6.42 Å². The van der Waals surface area contributed by atoms with E-state index in [0.717, 1.165) is 24.7 Å². The minimum absolute atomic E-state index is 0.